The van der Waals surface area contributed by atoms with Gasteiger partial charge in [0.25, 0.3) is 0 Å². The van der Waals surface area contributed by atoms with Crippen LogP contribution in [0.2, 0.25) is 0 Å². The molecule has 0 amide bonds. The monoisotopic (exact) mass is 220 g/mol. The van der Waals surface area contributed by atoms with Crippen molar-refractivity contribution in [1.82, 2.24) is 20.8 Å². The first-order valence-electron chi connectivity index (χ1n) is 4.59. The van der Waals surface area contributed by atoms with E-state index in [1.807, 2.05) is 0 Å². The minimum atomic E-state index is -4.21. The number of H-pyrrole nitrogens is 1. The molecule has 2 heterocycles. The second kappa shape index (κ2) is 3.82. The first kappa shape index (κ1) is 10.4. The Hall–Kier alpha value is -1.08. The summed E-state index contributed by atoms with van der Waals surface area (Å²) < 4.78 is 37.3. The Morgan fingerprint density at radius 1 is 1.33 bits per heavy atom. The maximum absolute atomic E-state index is 12.4. The Morgan fingerprint density at radius 2 is 2.13 bits per heavy atom. The molecule has 2 rings (SSSR count). The fourth-order valence-corrected chi connectivity index (χ4v) is 1.61. The second-order valence-electron chi connectivity index (χ2n) is 3.50. The second-order valence-corrected chi connectivity index (χ2v) is 3.50. The zero-order valence-corrected chi connectivity index (χ0v) is 7.80. The number of rotatable bonds is 1. The number of halogens is 3. The molecule has 0 radical (unpaired) electrons. The zero-order chi connectivity index (χ0) is 10.9. The molecule has 1 saturated heterocycles. The van der Waals surface area contributed by atoms with Gasteiger partial charge in [-0.25, -0.2) is 0 Å². The van der Waals surface area contributed by atoms with Crippen molar-refractivity contribution >= 4 is 0 Å². The Labute approximate surface area is 84.2 Å². The molecule has 7 heteroatoms. The molecule has 4 nitrogen and oxygen atoms in total. The number of nitrogens with one attached hydrogen (secondary N) is 3. The van der Waals surface area contributed by atoms with Gasteiger partial charge in [0, 0.05) is 30.9 Å². The van der Waals surface area contributed by atoms with Gasteiger partial charge < -0.3 is 5.32 Å². The third-order valence-electron chi connectivity index (χ3n) is 2.42. The van der Waals surface area contributed by atoms with Crippen LogP contribution in [0.5, 0.6) is 0 Å². The predicted octanol–water partition coefficient (Wildman–Crippen LogP) is 0.574. The highest BCUT2D eigenvalue weighted by molar-refractivity contribution is 5.12. The number of hydrogen-bond acceptors (Lipinski definition) is 3. The minimum Gasteiger partial charge on any atom is -0.313 e. The van der Waals surface area contributed by atoms with Crippen molar-refractivity contribution in [3.05, 3.63) is 18.0 Å². The fraction of sp³-hybridized carbons (Fsp3) is 0.625. The van der Waals surface area contributed by atoms with Crippen LogP contribution in [-0.2, 0) is 0 Å². The molecule has 2 unspecified atom stereocenters. The molecule has 0 saturated carbocycles. The number of aromatic nitrogens is 2. The van der Waals surface area contributed by atoms with E-state index in [-0.39, 0.29) is 12.6 Å². The SMILES string of the molecule is FC(F)(F)C1CNCC(c2cn[nH]c2)N1. The Bertz CT molecular complexity index is 308. The third-order valence-corrected chi connectivity index (χ3v) is 2.42. The normalized spacial score (nSPS) is 27.9. The van der Waals surface area contributed by atoms with Crippen molar-refractivity contribution in [2.45, 2.75) is 18.3 Å². The van der Waals surface area contributed by atoms with Crippen molar-refractivity contribution in [1.29, 1.82) is 0 Å². The Balaban J connectivity index is 2.05. The molecule has 0 bridgehead atoms. The lowest BCUT2D eigenvalue weighted by Crippen LogP contribution is -2.56. The maximum atomic E-state index is 12.4. The molecule has 0 aromatic carbocycles. The van der Waals surface area contributed by atoms with Crippen LogP contribution in [0.1, 0.15) is 11.6 Å². The maximum Gasteiger partial charge on any atom is 0.405 e. The lowest BCUT2D eigenvalue weighted by molar-refractivity contribution is -0.160. The van der Waals surface area contributed by atoms with E-state index in [1.54, 1.807) is 6.20 Å². The van der Waals surface area contributed by atoms with Crippen molar-refractivity contribution < 1.29 is 13.2 Å². The Kier molecular flexibility index (Phi) is 2.66. The van der Waals surface area contributed by atoms with Crippen LogP contribution >= 0.6 is 0 Å². The van der Waals surface area contributed by atoms with Crippen molar-refractivity contribution in [3.63, 3.8) is 0 Å². The lowest BCUT2D eigenvalue weighted by atomic mass is 10.1. The van der Waals surface area contributed by atoms with E-state index in [9.17, 15) is 13.2 Å². The number of hydrogen-bond donors (Lipinski definition) is 3. The molecule has 2 atom stereocenters. The highest BCUT2D eigenvalue weighted by atomic mass is 19.4. The summed E-state index contributed by atoms with van der Waals surface area (Å²) >= 11 is 0. The van der Waals surface area contributed by atoms with Crippen LogP contribution in [0.25, 0.3) is 0 Å². The van der Waals surface area contributed by atoms with Crippen LogP contribution in [-0.4, -0.2) is 35.5 Å². The van der Waals surface area contributed by atoms with Crippen molar-refractivity contribution in [2.75, 3.05) is 13.1 Å². The highest BCUT2D eigenvalue weighted by Gasteiger charge is 2.42. The van der Waals surface area contributed by atoms with Crippen molar-refractivity contribution in [2.24, 2.45) is 0 Å². The van der Waals surface area contributed by atoms with E-state index in [4.69, 9.17) is 0 Å². The van der Waals surface area contributed by atoms with Gasteiger partial charge in [-0.1, -0.05) is 0 Å². The van der Waals surface area contributed by atoms with Gasteiger partial charge in [0.05, 0.1) is 6.20 Å². The van der Waals surface area contributed by atoms with E-state index in [0.717, 1.165) is 5.56 Å². The average Bonchev–Trinajstić information content (AvgIpc) is 2.69. The summed E-state index contributed by atoms with van der Waals surface area (Å²) in [6.07, 6.45) is -1.09. The molecule has 1 aliphatic rings. The van der Waals surface area contributed by atoms with Crippen LogP contribution in [0, 0.1) is 0 Å². The smallest absolute Gasteiger partial charge is 0.313 e. The molecule has 3 N–H and O–H groups in total. The molecule has 1 aliphatic heterocycles. The van der Waals surface area contributed by atoms with Crippen LogP contribution in [0.3, 0.4) is 0 Å². The van der Waals surface area contributed by atoms with Gasteiger partial charge in [-0.2, -0.15) is 18.3 Å². The molecule has 1 aromatic heterocycles. The van der Waals surface area contributed by atoms with Gasteiger partial charge in [0.1, 0.15) is 6.04 Å². The standard InChI is InChI=1S/C8H11F3N4/c9-8(10,11)7-4-12-3-6(15-7)5-1-13-14-2-5/h1-2,6-7,12,15H,3-4H2,(H,13,14). The van der Waals surface area contributed by atoms with E-state index in [0.29, 0.717) is 6.54 Å². The molecule has 0 aliphatic carbocycles. The lowest BCUT2D eigenvalue weighted by Gasteiger charge is -2.32. The predicted molar refractivity (Wildman–Crippen MR) is 47.2 cm³/mol. The molecule has 1 aromatic rings. The molecular weight excluding hydrogens is 209 g/mol. The first-order valence-corrected chi connectivity index (χ1v) is 4.59. The van der Waals surface area contributed by atoms with Crippen LogP contribution in [0.15, 0.2) is 12.4 Å². The summed E-state index contributed by atoms with van der Waals surface area (Å²) in [5.41, 5.74) is 0.733. The third kappa shape index (κ3) is 2.29. The molecule has 0 spiro atoms. The minimum absolute atomic E-state index is 0.0855. The van der Waals surface area contributed by atoms with Gasteiger partial charge >= 0.3 is 6.18 Å². The van der Waals surface area contributed by atoms with Gasteiger partial charge in [-0.15, -0.1) is 0 Å². The van der Waals surface area contributed by atoms with E-state index in [1.165, 1.54) is 6.20 Å². The largest absolute Gasteiger partial charge is 0.405 e. The number of piperazine rings is 1. The Morgan fingerprint density at radius 3 is 2.73 bits per heavy atom. The number of nitrogens with zero attached hydrogens (tertiary/aromatic N) is 1. The van der Waals surface area contributed by atoms with Gasteiger partial charge in [-0.05, 0) is 0 Å². The topological polar surface area (TPSA) is 52.7 Å². The van der Waals surface area contributed by atoms with E-state index in [2.05, 4.69) is 20.8 Å². The summed E-state index contributed by atoms with van der Waals surface area (Å²) in [5, 5.41) is 11.6. The molecule has 1 fully saturated rings. The summed E-state index contributed by atoms with van der Waals surface area (Å²) in [4.78, 5) is 0. The van der Waals surface area contributed by atoms with Crippen LogP contribution < -0.4 is 10.6 Å². The fourth-order valence-electron chi connectivity index (χ4n) is 1.61. The molecular formula is C8H11F3N4. The highest BCUT2D eigenvalue weighted by Crippen LogP contribution is 2.24. The molecule has 84 valence electrons. The van der Waals surface area contributed by atoms with Gasteiger partial charge in [0.2, 0.25) is 0 Å². The molecule has 15 heavy (non-hydrogen) atoms. The summed E-state index contributed by atoms with van der Waals surface area (Å²) in [6, 6.07) is -1.84. The van der Waals surface area contributed by atoms with Gasteiger partial charge in [-0.3, -0.25) is 10.4 Å². The first-order chi connectivity index (χ1) is 7.07. The number of alkyl halides is 3. The van der Waals surface area contributed by atoms with Gasteiger partial charge in [0.15, 0.2) is 0 Å². The summed E-state index contributed by atoms with van der Waals surface area (Å²) in [7, 11) is 0. The quantitative estimate of drug-likeness (QED) is 0.648. The van der Waals surface area contributed by atoms with E-state index < -0.39 is 12.2 Å². The van der Waals surface area contributed by atoms with E-state index >= 15 is 0 Å². The van der Waals surface area contributed by atoms with Crippen LogP contribution in [0.4, 0.5) is 13.2 Å². The summed E-state index contributed by atoms with van der Waals surface area (Å²) in [6.45, 7) is 0.393. The average molecular weight is 220 g/mol. The number of aromatic amines is 1. The zero-order valence-electron chi connectivity index (χ0n) is 7.80. The van der Waals surface area contributed by atoms with Crippen molar-refractivity contribution in [3.8, 4) is 0 Å². The summed E-state index contributed by atoms with van der Waals surface area (Å²) in [5.74, 6) is 0.